The molecule has 1 aliphatic rings. The second-order valence-electron chi connectivity index (χ2n) is 3.71. The average Bonchev–Trinajstić information content (AvgIpc) is 3.02. The van der Waals surface area contributed by atoms with E-state index in [2.05, 4.69) is 6.07 Å². The number of nitrogens with zero attached hydrogens (tertiary/aromatic N) is 1. The smallest absolute Gasteiger partial charge is 0.206 e. The Morgan fingerprint density at radius 3 is 2.67 bits per heavy atom. The molecule has 1 aromatic rings. The molecule has 3 nitrogen and oxygen atoms in total. The highest BCUT2D eigenvalue weighted by Crippen LogP contribution is 2.49. The second kappa shape index (κ2) is 3.13. The van der Waals surface area contributed by atoms with Gasteiger partial charge in [-0.3, -0.25) is 0 Å². The Morgan fingerprint density at radius 1 is 1.53 bits per heavy atom. The number of phenols is 1. The van der Waals surface area contributed by atoms with Crippen LogP contribution in [-0.4, -0.2) is 12.2 Å². The fourth-order valence-corrected chi connectivity index (χ4v) is 1.60. The largest absolute Gasteiger partial charge is 0.505 e. The van der Waals surface area contributed by atoms with Crippen molar-refractivity contribution in [3.05, 3.63) is 23.5 Å². The number of methoxy groups -OCH3 is 1. The summed E-state index contributed by atoms with van der Waals surface area (Å²) in [6.45, 7) is 0. The van der Waals surface area contributed by atoms with Crippen molar-refractivity contribution in [2.45, 2.75) is 18.3 Å². The molecule has 0 atom stereocenters. The molecule has 0 saturated heterocycles. The van der Waals surface area contributed by atoms with E-state index in [1.165, 1.54) is 19.2 Å². The van der Waals surface area contributed by atoms with Gasteiger partial charge in [0.1, 0.15) is 0 Å². The number of benzene rings is 1. The quantitative estimate of drug-likeness (QED) is 0.807. The van der Waals surface area contributed by atoms with Crippen LogP contribution in [0.15, 0.2) is 12.1 Å². The van der Waals surface area contributed by atoms with Crippen LogP contribution in [0.2, 0.25) is 0 Å². The Morgan fingerprint density at radius 2 is 2.20 bits per heavy atom. The van der Waals surface area contributed by atoms with E-state index in [0.29, 0.717) is 5.56 Å². The average molecular weight is 207 g/mol. The number of phenolic OH excluding ortho intramolecular Hbond substituents is 1. The molecule has 0 unspecified atom stereocenters. The van der Waals surface area contributed by atoms with Crippen LogP contribution in [0.1, 0.15) is 18.4 Å². The van der Waals surface area contributed by atoms with Crippen LogP contribution in [0.4, 0.5) is 4.39 Å². The summed E-state index contributed by atoms with van der Waals surface area (Å²) in [5, 5.41) is 18.3. The molecule has 0 spiro atoms. The van der Waals surface area contributed by atoms with E-state index in [1.54, 1.807) is 0 Å². The van der Waals surface area contributed by atoms with Gasteiger partial charge in [0.05, 0.1) is 18.6 Å². The maximum absolute atomic E-state index is 13.2. The Hall–Kier alpha value is -1.76. The molecule has 1 saturated carbocycles. The van der Waals surface area contributed by atoms with Gasteiger partial charge < -0.3 is 9.84 Å². The van der Waals surface area contributed by atoms with Crippen molar-refractivity contribution < 1.29 is 14.2 Å². The molecule has 0 bridgehead atoms. The van der Waals surface area contributed by atoms with Gasteiger partial charge in [-0.05, 0) is 30.5 Å². The maximum Gasteiger partial charge on any atom is 0.206 e. The van der Waals surface area contributed by atoms with E-state index >= 15 is 0 Å². The SMILES string of the molecule is COc1cc(C2(C#N)CC2)cc(O)c1F. The molecular formula is C11H10FNO2. The van der Waals surface area contributed by atoms with E-state index in [4.69, 9.17) is 10.00 Å². The third-order valence-electron chi connectivity index (χ3n) is 2.76. The molecule has 0 radical (unpaired) electrons. The molecular weight excluding hydrogens is 197 g/mol. The molecule has 2 rings (SSSR count). The fraction of sp³-hybridized carbons (Fsp3) is 0.364. The van der Waals surface area contributed by atoms with Crippen LogP contribution >= 0.6 is 0 Å². The van der Waals surface area contributed by atoms with Crippen LogP contribution in [0.5, 0.6) is 11.5 Å². The Labute approximate surface area is 86.7 Å². The van der Waals surface area contributed by atoms with Crippen molar-refractivity contribution in [2.75, 3.05) is 7.11 Å². The molecule has 1 aliphatic carbocycles. The summed E-state index contributed by atoms with van der Waals surface area (Å²) in [4.78, 5) is 0. The maximum atomic E-state index is 13.2. The lowest BCUT2D eigenvalue weighted by molar-refractivity contribution is 0.363. The lowest BCUT2D eigenvalue weighted by Gasteiger charge is -2.10. The van der Waals surface area contributed by atoms with Gasteiger partial charge in [0.25, 0.3) is 0 Å². The van der Waals surface area contributed by atoms with Crippen LogP contribution in [0.3, 0.4) is 0 Å². The molecule has 1 fully saturated rings. The number of hydrogen-bond acceptors (Lipinski definition) is 3. The van der Waals surface area contributed by atoms with Crippen molar-refractivity contribution >= 4 is 0 Å². The topological polar surface area (TPSA) is 53.2 Å². The third kappa shape index (κ3) is 1.40. The monoisotopic (exact) mass is 207 g/mol. The van der Waals surface area contributed by atoms with E-state index < -0.39 is 17.0 Å². The lowest BCUT2D eigenvalue weighted by atomic mass is 9.97. The second-order valence-corrected chi connectivity index (χ2v) is 3.71. The number of halogens is 1. The minimum absolute atomic E-state index is 0.0217. The molecule has 78 valence electrons. The minimum atomic E-state index is -0.782. The fourth-order valence-electron chi connectivity index (χ4n) is 1.60. The van der Waals surface area contributed by atoms with Crippen molar-refractivity contribution in [1.29, 1.82) is 5.26 Å². The van der Waals surface area contributed by atoms with Crippen molar-refractivity contribution in [3.63, 3.8) is 0 Å². The van der Waals surface area contributed by atoms with Gasteiger partial charge in [-0.25, -0.2) is 0 Å². The molecule has 0 heterocycles. The van der Waals surface area contributed by atoms with Gasteiger partial charge in [-0.2, -0.15) is 9.65 Å². The Bertz CT molecular complexity index is 447. The number of ether oxygens (including phenoxy) is 1. The first kappa shape index (κ1) is 9.78. The molecule has 0 aromatic heterocycles. The zero-order chi connectivity index (χ0) is 11.1. The van der Waals surface area contributed by atoms with E-state index in [0.717, 1.165) is 12.8 Å². The minimum Gasteiger partial charge on any atom is -0.505 e. The molecule has 0 amide bonds. The highest BCUT2D eigenvalue weighted by atomic mass is 19.1. The van der Waals surface area contributed by atoms with Crippen LogP contribution in [-0.2, 0) is 5.41 Å². The standard InChI is InChI=1S/C11H10FNO2/c1-15-9-5-7(4-8(14)10(9)12)11(6-13)2-3-11/h4-5,14H,2-3H2,1H3. The first-order valence-electron chi connectivity index (χ1n) is 4.61. The number of aromatic hydroxyl groups is 1. The van der Waals surface area contributed by atoms with Crippen molar-refractivity contribution in [2.24, 2.45) is 0 Å². The number of rotatable bonds is 2. The summed E-state index contributed by atoms with van der Waals surface area (Å²) in [6.07, 6.45) is 1.50. The van der Waals surface area contributed by atoms with Gasteiger partial charge >= 0.3 is 0 Å². The summed E-state index contributed by atoms with van der Waals surface area (Å²) in [5.41, 5.74) is 0.0825. The molecule has 1 aromatic carbocycles. The molecule has 0 aliphatic heterocycles. The number of nitriles is 1. The first-order chi connectivity index (χ1) is 7.13. The first-order valence-corrected chi connectivity index (χ1v) is 4.61. The summed E-state index contributed by atoms with van der Waals surface area (Å²) >= 11 is 0. The van der Waals surface area contributed by atoms with Crippen LogP contribution < -0.4 is 4.74 Å². The summed E-state index contributed by atoms with van der Waals surface area (Å²) in [5.74, 6) is -1.27. The third-order valence-corrected chi connectivity index (χ3v) is 2.76. The van der Waals surface area contributed by atoms with Crippen molar-refractivity contribution in [1.82, 2.24) is 0 Å². The van der Waals surface area contributed by atoms with Gasteiger partial charge in [0, 0.05) is 0 Å². The predicted octanol–water partition coefficient (Wildman–Crippen LogP) is 2.10. The van der Waals surface area contributed by atoms with Gasteiger partial charge in [0.15, 0.2) is 11.5 Å². The van der Waals surface area contributed by atoms with E-state index in [9.17, 15) is 9.50 Å². The van der Waals surface area contributed by atoms with Crippen molar-refractivity contribution in [3.8, 4) is 17.6 Å². The normalized spacial score (nSPS) is 16.9. The highest BCUT2D eigenvalue weighted by molar-refractivity contribution is 5.48. The van der Waals surface area contributed by atoms with Crippen LogP contribution in [0.25, 0.3) is 0 Å². The van der Waals surface area contributed by atoms with Gasteiger partial charge in [-0.15, -0.1) is 0 Å². The zero-order valence-electron chi connectivity index (χ0n) is 8.25. The molecule has 4 heteroatoms. The molecule has 1 N–H and O–H groups in total. The molecule has 15 heavy (non-hydrogen) atoms. The van der Waals surface area contributed by atoms with Gasteiger partial charge in [0.2, 0.25) is 5.82 Å². The van der Waals surface area contributed by atoms with E-state index in [-0.39, 0.29) is 5.75 Å². The number of hydrogen-bond donors (Lipinski definition) is 1. The van der Waals surface area contributed by atoms with Gasteiger partial charge in [-0.1, -0.05) is 0 Å². The Kier molecular flexibility index (Phi) is 2.04. The summed E-state index contributed by atoms with van der Waals surface area (Å²) in [6, 6.07) is 4.95. The van der Waals surface area contributed by atoms with E-state index in [1.807, 2.05) is 0 Å². The summed E-state index contributed by atoms with van der Waals surface area (Å²) in [7, 11) is 1.33. The lowest BCUT2D eigenvalue weighted by Crippen LogP contribution is -2.03. The highest BCUT2D eigenvalue weighted by Gasteiger charge is 2.45. The summed E-state index contributed by atoms with van der Waals surface area (Å²) < 4.78 is 18.0. The van der Waals surface area contributed by atoms with Crippen LogP contribution in [0, 0.1) is 17.1 Å². The zero-order valence-corrected chi connectivity index (χ0v) is 8.25. The Balaban J connectivity index is 2.52. The predicted molar refractivity (Wildman–Crippen MR) is 51.1 cm³/mol.